The van der Waals surface area contributed by atoms with Gasteiger partial charge in [-0.05, 0) is 36.6 Å². The van der Waals surface area contributed by atoms with Gasteiger partial charge in [-0.1, -0.05) is 12.8 Å². The van der Waals surface area contributed by atoms with E-state index in [1.807, 2.05) is 24.3 Å². The molecule has 1 unspecified atom stereocenters. The zero-order valence-corrected chi connectivity index (χ0v) is 17.2. The molecule has 6 N–H and O–H groups in total. The minimum absolute atomic E-state index is 0.0297. The maximum Gasteiger partial charge on any atom is 0.252 e. The standard InChI is InChI=1S/C22H25FN6O2/c1-31-16-5-4-13-7-15(11-26-19(13)8-16)28-21-17(20(25)30)9-18(23)22(29-21)27-14(10-24)6-12-2-3-12/h4-5,7-9,11-12,14H,2-3,6,10,24H2,1H3,(H2,25,30)(H2,27,28,29). The van der Waals surface area contributed by atoms with Gasteiger partial charge in [0.2, 0.25) is 0 Å². The maximum atomic E-state index is 14.6. The Morgan fingerprint density at radius 3 is 2.77 bits per heavy atom. The second-order valence-corrected chi connectivity index (χ2v) is 7.74. The van der Waals surface area contributed by atoms with Crippen molar-refractivity contribution in [3.05, 3.63) is 47.9 Å². The smallest absolute Gasteiger partial charge is 0.252 e. The fourth-order valence-corrected chi connectivity index (χ4v) is 3.47. The van der Waals surface area contributed by atoms with Crippen molar-refractivity contribution in [2.24, 2.45) is 17.4 Å². The maximum absolute atomic E-state index is 14.6. The van der Waals surface area contributed by atoms with Gasteiger partial charge in [0.15, 0.2) is 11.6 Å². The second kappa shape index (κ2) is 8.73. The lowest BCUT2D eigenvalue weighted by molar-refractivity contribution is 0.100. The number of hydrogen-bond acceptors (Lipinski definition) is 7. The first-order valence-electron chi connectivity index (χ1n) is 10.1. The molecule has 1 saturated carbocycles. The molecule has 162 valence electrons. The number of pyridine rings is 2. The molecular formula is C22H25FN6O2. The lowest BCUT2D eigenvalue weighted by Gasteiger charge is -2.19. The molecule has 0 radical (unpaired) electrons. The molecule has 1 aromatic carbocycles. The molecular weight excluding hydrogens is 399 g/mol. The van der Waals surface area contributed by atoms with Gasteiger partial charge in [-0.25, -0.2) is 9.37 Å². The fourth-order valence-electron chi connectivity index (χ4n) is 3.47. The summed E-state index contributed by atoms with van der Waals surface area (Å²) in [4.78, 5) is 20.6. The van der Waals surface area contributed by atoms with Crippen molar-refractivity contribution < 1.29 is 13.9 Å². The number of nitrogens with two attached hydrogens (primary N) is 2. The molecule has 0 aliphatic heterocycles. The normalized spacial score (nSPS) is 14.3. The molecule has 2 heterocycles. The van der Waals surface area contributed by atoms with E-state index in [0.717, 1.165) is 23.4 Å². The summed E-state index contributed by atoms with van der Waals surface area (Å²) in [5.41, 5.74) is 12.6. The molecule has 4 rings (SSSR count). The van der Waals surface area contributed by atoms with Crippen LogP contribution in [0.25, 0.3) is 10.9 Å². The Bertz CT molecular complexity index is 1120. The summed E-state index contributed by atoms with van der Waals surface area (Å²) >= 11 is 0. The highest BCUT2D eigenvalue weighted by molar-refractivity contribution is 5.99. The molecule has 3 aromatic rings. The molecule has 1 atom stereocenters. The highest BCUT2D eigenvalue weighted by atomic mass is 19.1. The van der Waals surface area contributed by atoms with E-state index in [2.05, 4.69) is 20.6 Å². The quantitative estimate of drug-likeness (QED) is 0.415. The van der Waals surface area contributed by atoms with E-state index in [0.29, 0.717) is 23.9 Å². The molecule has 8 nitrogen and oxygen atoms in total. The second-order valence-electron chi connectivity index (χ2n) is 7.74. The Morgan fingerprint density at radius 1 is 1.29 bits per heavy atom. The average Bonchev–Trinajstić information content (AvgIpc) is 3.58. The Labute approximate surface area is 179 Å². The van der Waals surface area contributed by atoms with E-state index in [1.54, 1.807) is 13.3 Å². The van der Waals surface area contributed by atoms with Crippen LogP contribution in [0.4, 0.5) is 21.7 Å². The van der Waals surface area contributed by atoms with E-state index < -0.39 is 11.7 Å². The first-order valence-corrected chi connectivity index (χ1v) is 10.1. The number of primary amides is 1. The number of carbonyl (C=O) groups is 1. The number of anilines is 3. The van der Waals surface area contributed by atoms with Crippen LogP contribution >= 0.6 is 0 Å². The SMILES string of the molecule is COc1ccc2cc(Nc3nc(NC(CN)CC4CC4)c(F)cc3C(N)=O)cnc2c1. The number of nitrogens with one attached hydrogen (secondary N) is 2. The fraction of sp³-hybridized carbons (Fsp3) is 0.318. The lowest BCUT2D eigenvalue weighted by Crippen LogP contribution is -2.30. The number of fused-ring (bicyclic) bond motifs is 1. The van der Waals surface area contributed by atoms with Crippen LogP contribution in [0.5, 0.6) is 5.75 Å². The predicted octanol–water partition coefficient (Wildman–Crippen LogP) is 3.16. The molecule has 9 heteroatoms. The van der Waals surface area contributed by atoms with E-state index in [4.69, 9.17) is 16.2 Å². The van der Waals surface area contributed by atoms with Crippen LogP contribution in [0, 0.1) is 11.7 Å². The summed E-state index contributed by atoms with van der Waals surface area (Å²) in [5.74, 6) is 0.0575. The molecule has 1 fully saturated rings. The highest BCUT2D eigenvalue weighted by Gasteiger charge is 2.26. The van der Waals surface area contributed by atoms with Crippen molar-refractivity contribution in [3.63, 3.8) is 0 Å². The van der Waals surface area contributed by atoms with Crippen molar-refractivity contribution in [1.29, 1.82) is 0 Å². The Morgan fingerprint density at radius 2 is 2.10 bits per heavy atom. The van der Waals surface area contributed by atoms with Crippen molar-refractivity contribution in [3.8, 4) is 5.75 Å². The van der Waals surface area contributed by atoms with Crippen LogP contribution < -0.4 is 26.8 Å². The van der Waals surface area contributed by atoms with Crippen LogP contribution in [0.1, 0.15) is 29.6 Å². The summed E-state index contributed by atoms with van der Waals surface area (Å²) in [7, 11) is 1.59. The number of ether oxygens (including phenoxy) is 1. The summed E-state index contributed by atoms with van der Waals surface area (Å²) in [5, 5.41) is 6.97. The van der Waals surface area contributed by atoms with Crippen LogP contribution in [0.3, 0.4) is 0 Å². The molecule has 0 bridgehead atoms. The van der Waals surface area contributed by atoms with Crippen molar-refractivity contribution >= 4 is 34.1 Å². The van der Waals surface area contributed by atoms with Gasteiger partial charge >= 0.3 is 0 Å². The van der Waals surface area contributed by atoms with E-state index in [1.165, 1.54) is 12.8 Å². The molecule has 1 aliphatic rings. The third-order valence-corrected chi connectivity index (χ3v) is 5.34. The van der Waals surface area contributed by atoms with Crippen molar-refractivity contribution in [2.75, 3.05) is 24.3 Å². The zero-order chi connectivity index (χ0) is 22.0. The number of hydrogen-bond donors (Lipinski definition) is 4. The number of aromatic nitrogens is 2. The van der Waals surface area contributed by atoms with Crippen molar-refractivity contribution in [1.82, 2.24) is 9.97 Å². The number of carbonyl (C=O) groups excluding carboxylic acids is 1. The van der Waals surface area contributed by atoms with Crippen LogP contribution in [-0.2, 0) is 0 Å². The summed E-state index contributed by atoms with van der Waals surface area (Å²) in [6.45, 7) is 0.357. The minimum atomic E-state index is -0.785. The van der Waals surface area contributed by atoms with Crippen LogP contribution in [-0.4, -0.2) is 35.6 Å². The molecule has 0 saturated heterocycles. The third kappa shape index (κ3) is 4.83. The van der Waals surface area contributed by atoms with E-state index >= 15 is 0 Å². The van der Waals surface area contributed by atoms with Gasteiger partial charge in [0, 0.05) is 24.0 Å². The molecule has 1 aliphatic carbocycles. The van der Waals surface area contributed by atoms with Crippen molar-refractivity contribution in [2.45, 2.75) is 25.3 Å². The van der Waals surface area contributed by atoms with E-state index in [-0.39, 0.29) is 23.2 Å². The topological polar surface area (TPSA) is 128 Å². The number of nitrogens with zero attached hydrogens (tertiary/aromatic N) is 2. The first kappa shape index (κ1) is 20.8. The van der Waals surface area contributed by atoms with Gasteiger partial charge in [-0.3, -0.25) is 9.78 Å². The molecule has 2 aromatic heterocycles. The van der Waals surface area contributed by atoms with E-state index in [9.17, 15) is 9.18 Å². The highest BCUT2D eigenvalue weighted by Crippen LogP contribution is 2.34. The van der Waals surface area contributed by atoms with Gasteiger partial charge < -0.3 is 26.8 Å². The number of rotatable bonds is 9. The molecule has 31 heavy (non-hydrogen) atoms. The van der Waals surface area contributed by atoms with Gasteiger partial charge in [-0.2, -0.15) is 0 Å². The average molecular weight is 424 g/mol. The molecule has 1 amide bonds. The summed E-state index contributed by atoms with van der Waals surface area (Å²) < 4.78 is 19.8. The predicted molar refractivity (Wildman–Crippen MR) is 118 cm³/mol. The van der Waals surface area contributed by atoms with Gasteiger partial charge in [0.05, 0.1) is 30.1 Å². The van der Waals surface area contributed by atoms with Crippen LogP contribution in [0.15, 0.2) is 36.5 Å². The third-order valence-electron chi connectivity index (χ3n) is 5.34. The van der Waals surface area contributed by atoms with Gasteiger partial charge in [0.1, 0.15) is 11.6 Å². The van der Waals surface area contributed by atoms with Crippen LogP contribution in [0.2, 0.25) is 0 Å². The zero-order valence-electron chi connectivity index (χ0n) is 17.2. The Kier molecular flexibility index (Phi) is 5.85. The lowest BCUT2D eigenvalue weighted by atomic mass is 10.1. The number of benzene rings is 1. The first-order chi connectivity index (χ1) is 15.0. The monoisotopic (exact) mass is 424 g/mol. The Balaban J connectivity index is 1.63. The largest absolute Gasteiger partial charge is 0.497 e. The minimum Gasteiger partial charge on any atom is -0.497 e. The number of methoxy groups -OCH3 is 1. The summed E-state index contributed by atoms with van der Waals surface area (Å²) in [6.07, 6.45) is 4.79. The summed E-state index contributed by atoms with van der Waals surface area (Å²) in [6, 6.07) is 8.35. The molecule has 0 spiro atoms. The van der Waals surface area contributed by atoms with Gasteiger partial charge in [0.25, 0.3) is 5.91 Å². The van der Waals surface area contributed by atoms with Gasteiger partial charge in [-0.15, -0.1) is 0 Å². The Hall–Kier alpha value is -3.46. The number of amides is 1. The number of halogens is 1.